The number of amides is 1. The molecule has 0 spiro atoms. The lowest BCUT2D eigenvalue weighted by Crippen LogP contribution is -2.35. The van der Waals surface area contributed by atoms with Gasteiger partial charge in [-0.05, 0) is 49.2 Å². The zero-order valence-electron chi connectivity index (χ0n) is 15.0. The summed E-state index contributed by atoms with van der Waals surface area (Å²) in [5, 5.41) is 9.16. The second-order valence-corrected chi connectivity index (χ2v) is 6.34. The topological polar surface area (TPSA) is 59.8 Å². The van der Waals surface area contributed by atoms with E-state index in [-0.39, 0.29) is 12.1 Å². The Balaban J connectivity index is 1.87. The van der Waals surface area contributed by atoms with Gasteiger partial charge in [-0.1, -0.05) is 23.4 Å². The first-order valence-corrected chi connectivity index (χ1v) is 8.50. The Bertz CT molecular complexity index is 1010. The van der Waals surface area contributed by atoms with Crippen LogP contribution in [0.5, 0.6) is 0 Å². The van der Waals surface area contributed by atoms with Gasteiger partial charge in [0.2, 0.25) is 0 Å². The average molecular weight is 410 g/mol. The number of hydrogen-bond acceptors (Lipinski definition) is 3. The van der Waals surface area contributed by atoms with Gasteiger partial charge in [-0.25, -0.2) is 13.5 Å². The van der Waals surface area contributed by atoms with Gasteiger partial charge in [0, 0.05) is 6.04 Å². The summed E-state index contributed by atoms with van der Waals surface area (Å²) >= 11 is 0. The fraction of sp³-hybridized carbons (Fsp3) is 0.211. The normalized spacial score (nSPS) is 12.6. The molecule has 0 aliphatic rings. The van der Waals surface area contributed by atoms with Crippen molar-refractivity contribution in [2.45, 2.75) is 25.6 Å². The molecule has 0 radical (unpaired) electrons. The number of nitrogens with one attached hydrogen (secondary N) is 1. The number of hydrogen-bond donors (Lipinski definition) is 1. The van der Waals surface area contributed by atoms with Gasteiger partial charge in [0.25, 0.3) is 5.91 Å². The molecule has 0 saturated heterocycles. The van der Waals surface area contributed by atoms with E-state index in [1.165, 1.54) is 25.1 Å². The van der Waals surface area contributed by atoms with E-state index in [2.05, 4.69) is 15.6 Å². The van der Waals surface area contributed by atoms with Gasteiger partial charge in [0.05, 0.1) is 5.69 Å². The summed E-state index contributed by atoms with van der Waals surface area (Å²) in [7, 11) is 0. The summed E-state index contributed by atoms with van der Waals surface area (Å²) in [6, 6.07) is 9.32. The van der Waals surface area contributed by atoms with Gasteiger partial charge in [-0.2, -0.15) is 13.2 Å². The van der Waals surface area contributed by atoms with Crippen LogP contribution in [0.1, 0.15) is 28.7 Å². The van der Waals surface area contributed by atoms with Crippen molar-refractivity contribution >= 4 is 5.91 Å². The fourth-order valence-electron chi connectivity index (χ4n) is 2.79. The summed E-state index contributed by atoms with van der Waals surface area (Å²) in [6.07, 6.45) is -4.87. The minimum absolute atomic E-state index is 0.0753. The Hall–Kier alpha value is -3.30. The number of carbonyl (C=O) groups is 1. The maximum Gasteiger partial charge on any atom is 0.435 e. The number of carbonyl (C=O) groups excluding carboxylic acids is 1. The highest BCUT2D eigenvalue weighted by Crippen LogP contribution is 2.32. The molecule has 152 valence electrons. The molecule has 5 nitrogen and oxygen atoms in total. The average Bonchev–Trinajstić information content (AvgIpc) is 3.10. The van der Waals surface area contributed by atoms with Crippen LogP contribution >= 0.6 is 0 Å². The molecule has 1 atom stereocenters. The zero-order valence-corrected chi connectivity index (χ0v) is 15.0. The van der Waals surface area contributed by atoms with Crippen LogP contribution in [0.2, 0.25) is 0 Å². The van der Waals surface area contributed by atoms with Crippen molar-refractivity contribution in [3.8, 4) is 5.69 Å². The Morgan fingerprint density at radius 1 is 1.10 bits per heavy atom. The number of alkyl halides is 3. The van der Waals surface area contributed by atoms with Crippen LogP contribution in [0.3, 0.4) is 0 Å². The van der Waals surface area contributed by atoms with Gasteiger partial charge in [-0.3, -0.25) is 4.79 Å². The Kier molecular flexibility index (Phi) is 5.62. The molecule has 2 aromatic carbocycles. The highest BCUT2D eigenvalue weighted by Gasteiger charge is 2.42. The maximum atomic E-state index is 13.7. The molecule has 1 heterocycles. The predicted molar refractivity (Wildman–Crippen MR) is 93.4 cm³/mol. The van der Waals surface area contributed by atoms with Crippen molar-refractivity contribution in [2.24, 2.45) is 0 Å². The first-order chi connectivity index (χ1) is 13.7. The maximum absolute atomic E-state index is 13.7. The largest absolute Gasteiger partial charge is 0.435 e. The van der Waals surface area contributed by atoms with Crippen LogP contribution in [0.4, 0.5) is 22.0 Å². The number of aromatic nitrogens is 3. The molecule has 1 aromatic heterocycles. The Labute approximate surface area is 162 Å². The second kappa shape index (κ2) is 7.98. The summed E-state index contributed by atoms with van der Waals surface area (Å²) in [5.41, 5.74) is -2.11. The van der Waals surface area contributed by atoms with Gasteiger partial charge in [-0.15, -0.1) is 5.10 Å². The van der Waals surface area contributed by atoms with E-state index < -0.39 is 41.1 Å². The van der Waals surface area contributed by atoms with E-state index in [9.17, 15) is 26.7 Å². The second-order valence-electron chi connectivity index (χ2n) is 6.34. The molecule has 1 amide bonds. The minimum Gasteiger partial charge on any atom is -0.348 e. The first kappa shape index (κ1) is 20.4. The standard InChI is InChI=1S/C19H15F5N4O/c1-11(10-12-4-2-3-5-15(12)21)25-18(29)16-17(19(22,23)24)28(27-26-16)14-8-6-13(20)7-9-14/h2-9,11H,10H2,1H3,(H,25,29). The molecule has 0 aliphatic heterocycles. The summed E-state index contributed by atoms with van der Waals surface area (Å²) in [5.74, 6) is -2.22. The lowest BCUT2D eigenvalue weighted by molar-refractivity contribution is -0.143. The van der Waals surface area contributed by atoms with E-state index in [4.69, 9.17) is 0 Å². The molecule has 1 unspecified atom stereocenters. The van der Waals surface area contributed by atoms with E-state index in [0.717, 1.165) is 24.3 Å². The molecule has 0 bridgehead atoms. The molecule has 10 heteroatoms. The van der Waals surface area contributed by atoms with Crippen molar-refractivity contribution < 1.29 is 26.7 Å². The van der Waals surface area contributed by atoms with Crippen LogP contribution < -0.4 is 5.32 Å². The van der Waals surface area contributed by atoms with Crippen molar-refractivity contribution in [1.82, 2.24) is 20.3 Å². The number of nitrogens with zero attached hydrogens (tertiary/aromatic N) is 3. The third kappa shape index (κ3) is 4.58. The van der Waals surface area contributed by atoms with Crippen molar-refractivity contribution in [3.63, 3.8) is 0 Å². The van der Waals surface area contributed by atoms with Crippen LogP contribution in [0.25, 0.3) is 5.69 Å². The van der Waals surface area contributed by atoms with Crippen LogP contribution in [0.15, 0.2) is 48.5 Å². The zero-order chi connectivity index (χ0) is 21.2. The lowest BCUT2D eigenvalue weighted by atomic mass is 10.1. The highest BCUT2D eigenvalue weighted by molar-refractivity contribution is 5.93. The smallest absolute Gasteiger partial charge is 0.348 e. The first-order valence-electron chi connectivity index (χ1n) is 8.50. The fourth-order valence-corrected chi connectivity index (χ4v) is 2.79. The van der Waals surface area contributed by atoms with Crippen molar-refractivity contribution in [2.75, 3.05) is 0 Å². The van der Waals surface area contributed by atoms with Crippen LogP contribution in [-0.2, 0) is 12.6 Å². The predicted octanol–water partition coefficient (Wildman–Crippen LogP) is 3.93. The van der Waals surface area contributed by atoms with Crippen molar-refractivity contribution in [3.05, 3.63) is 77.1 Å². The third-order valence-corrected chi connectivity index (χ3v) is 4.09. The number of benzene rings is 2. The molecule has 0 fully saturated rings. The van der Waals surface area contributed by atoms with E-state index in [1.54, 1.807) is 6.07 Å². The third-order valence-electron chi connectivity index (χ3n) is 4.09. The number of rotatable bonds is 5. The highest BCUT2D eigenvalue weighted by atomic mass is 19.4. The molecular weight excluding hydrogens is 395 g/mol. The summed E-state index contributed by atoms with van der Waals surface area (Å²) < 4.78 is 68.0. The molecule has 0 aliphatic carbocycles. The SMILES string of the molecule is CC(Cc1ccccc1F)NC(=O)c1nnn(-c2ccc(F)cc2)c1C(F)(F)F. The lowest BCUT2D eigenvalue weighted by Gasteiger charge is -2.15. The summed E-state index contributed by atoms with van der Waals surface area (Å²) in [6.45, 7) is 1.53. The van der Waals surface area contributed by atoms with E-state index in [1.807, 2.05) is 0 Å². The van der Waals surface area contributed by atoms with Gasteiger partial charge >= 0.3 is 6.18 Å². The molecule has 1 N–H and O–H groups in total. The van der Waals surface area contributed by atoms with Gasteiger partial charge in [0.15, 0.2) is 11.4 Å². The van der Waals surface area contributed by atoms with Crippen LogP contribution in [0, 0.1) is 11.6 Å². The molecule has 29 heavy (non-hydrogen) atoms. The Morgan fingerprint density at radius 2 is 1.76 bits per heavy atom. The molecular formula is C19H15F5N4O. The van der Waals surface area contributed by atoms with E-state index in [0.29, 0.717) is 10.2 Å². The minimum atomic E-state index is -4.95. The van der Waals surface area contributed by atoms with Crippen molar-refractivity contribution in [1.29, 1.82) is 0 Å². The number of halogens is 5. The molecule has 0 saturated carbocycles. The molecule has 3 rings (SSSR count). The molecule has 3 aromatic rings. The monoisotopic (exact) mass is 410 g/mol. The van der Waals surface area contributed by atoms with E-state index >= 15 is 0 Å². The quantitative estimate of drug-likeness (QED) is 0.649. The van der Waals surface area contributed by atoms with Crippen LogP contribution in [-0.4, -0.2) is 26.9 Å². The van der Waals surface area contributed by atoms with Gasteiger partial charge < -0.3 is 5.32 Å². The Morgan fingerprint density at radius 3 is 2.38 bits per heavy atom. The van der Waals surface area contributed by atoms with Gasteiger partial charge in [0.1, 0.15) is 11.6 Å². The summed E-state index contributed by atoms with van der Waals surface area (Å²) in [4.78, 5) is 12.4.